The van der Waals surface area contributed by atoms with E-state index in [2.05, 4.69) is 54.0 Å². The fourth-order valence-corrected chi connectivity index (χ4v) is 2.89. The summed E-state index contributed by atoms with van der Waals surface area (Å²) < 4.78 is 2.22. The lowest BCUT2D eigenvalue weighted by Gasteiger charge is -2.13. The van der Waals surface area contributed by atoms with Crippen molar-refractivity contribution in [2.24, 2.45) is 0 Å². The van der Waals surface area contributed by atoms with E-state index in [1.165, 1.54) is 9.75 Å². The largest absolute Gasteiger partial charge is 0.334 e. The quantitative estimate of drug-likeness (QED) is 0.864. The molecule has 4 heteroatoms. The highest BCUT2D eigenvalue weighted by molar-refractivity contribution is 7.12. The summed E-state index contributed by atoms with van der Waals surface area (Å²) in [4.78, 5) is 7.17. The molecule has 0 aliphatic carbocycles. The SMILES string of the molecule is CCCn1ccnc1CNC(C)c1ccc(C)s1. The number of hydrogen-bond donors (Lipinski definition) is 1. The number of imidazole rings is 1. The Balaban J connectivity index is 1.92. The van der Waals surface area contributed by atoms with Gasteiger partial charge in [-0.05, 0) is 32.4 Å². The molecule has 2 aromatic rings. The molecule has 98 valence electrons. The van der Waals surface area contributed by atoms with Crippen molar-refractivity contribution in [1.82, 2.24) is 14.9 Å². The minimum absolute atomic E-state index is 0.385. The average Bonchev–Trinajstić information content (AvgIpc) is 2.96. The van der Waals surface area contributed by atoms with Crippen LogP contribution in [-0.2, 0) is 13.1 Å². The molecule has 0 aliphatic heterocycles. The zero-order valence-electron chi connectivity index (χ0n) is 11.3. The number of thiophene rings is 1. The Morgan fingerprint density at radius 1 is 1.44 bits per heavy atom. The lowest BCUT2D eigenvalue weighted by molar-refractivity contribution is 0.537. The van der Waals surface area contributed by atoms with Crippen LogP contribution in [0.25, 0.3) is 0 Å². The maximum Gasteiger partial charge on any atom is 0.122 e. The molecular formula is C14H21N3S. The first kappa shape index (κ1) is 13.3. The summed E-state index contributed by atoms with van der Waals surface area (Å²) in [5.41, 5.74) is 0. The molecule has 0 aromatic carbocycles. The van der Waals surface area contributed by atoms with Crippen molar-refractivity contribution in [2.75, 3.05) is 0 Å². The molecule has 0 bridgehead atoms. The van der Waals surface area contributed by atoms with Crippen LogP contribution in [0.2, 0.25) is 0 Å². The number of hydrogen-bond acceptors (Lipinski definition) is 3. The third-order valence-corrected chi connectivity index (χ3v) is 4.20. The zero-order chi connectivity index (χ0) is 13.0. The molecule has 2 rings (SSSR count). The van der Waals surface area contributed by atoms with E-state index >= 15 is 0 Å². The average molecular weight is 263 g/mol. The molecule has 2 heterocycles. The van der Waals surface area contributed by atoms with Crippen LogP contribution in [0, 0.1) is 6.92 Å². The number of rotatable bonds is 6. The Morgan fingerprint density at radius 2 is 2.28 bits per heavy atom. The smallest absolute Gasteiger partial charge is 0.122 e. The maximum absolute atomic E-state index is 4.41. The summed E-state index contributed by atoms with van der Waals surface area (Å²) in [6, 6.07) is 4.77. The molecule has 0 spiro atoms. The van der Waals surface area contributed by atoms with E-state index in [9.17, 15) is 0 Å². The number of nitrogens with one attached hydrogen (secondary N) is 1. The summed E-state index contributed by atoms with van der Waals surface area (Å²) >= 11 is 1.86. The Hall–Kier alpha value is -1.13. The van der Waals surface area contributed by atoms with Crippen LogP contribution >= 0.6 is 11.3 Å². The lowest BCUT2D eigenvalue weighted by atomic mass is 10.2. The second-order valence-electron chi connectivity index (χ2n) is 4.59. The fraction of sp³-hybridized carbons (Fsp3) is 0.500. The molecule has 1 N–H and O–H groups in total. The van der Waals surface area contributed by atoms with Crippen LogP contribution in [0.4, 0.5) is 0 Å². The second-order valence-corrected chi connectivity index (χ2v) is 5.91. The van der Waals surface area contributed by atoms with E-state index in [0.29, 0.717) is 6.04 Å². The van der Waals surface area contributed by atoms with E-state index in [1.807, 2.05) is 17.5 Å². The van der Waals surface area contributed by atoms with Gasteiger partial charge >= 0.3 is 0 Å². The van der Waals surface area contributed by atoms with Gasteiger partial charge in [-0.2, -0.15) is 0 Å². The van der Waals surface area contributed by atoms with Gasteiger partial charge in [0.15, 0.2) is 0 Å². The van der Waals surface area contributed by atoms with E-state index in [0.717, 1.165) is 25.3 Å². The molecule has 2 aromatic heterocycles. The van der Waals surface area contributed by atoms with Gasteiger partial charge in [0, 0.05) is 34.7 Å². The van der Waals surface area contributed by atoms with E-state index in [-0.39, 0.29) is 0 Å². The molecule has 0 saturated heterocycles. The first-order valence-corrected chi connectivity index (χ1v) is 7.32. The van der Waals surface area contributed by atoms with Gasteiger partial charge < -0.3 is 9.88 Å². The number of nitrogens with zero attached hydrogens (tertiary/aromatic N) is 2. The first-order chi connectivity index (χ1) is 8.70. The van der Waals surface area contributed by atoms with Crippen molar-refractivity contribution in [3.8, 4) is 0 Å². The number of aromatic nitrogens is 2. The van der Waals surface area contributed by atoms with Crippen molar-refractivity contribution in [1.29, 1.82) is 0 Å². The molecule has 0 amide bonds. The van der Waals surface area contributed by atoms with E-state index in [1.54, 1.807) is 0 Å². The normalized spacial score (nSPS) is 12.8. The molecular weight excluding hydrogens is 242 g/mol. The van der Waals surface area contributed by atoms with Gasteiger partial charge in [-0.3, -0.25) is 0 Å². The standard InChI is InChI=1S/C14H21N3S/c1-4-8-17-9-7-15-14(17)10-16-12(3)13-6-5-11(2)18-13/h5-7,9,12,16H,4,8,10H2,1-3H3. The van der Waals surface area contributed by atoms with Crippen LogP contribution in [0.3, 0.4) is 0 Å². The van der Waals surface area contributed by atoms with Crippen LogP contribution < -0.4 is 5.32 Å². The molecule has 0 radical (unpaired) electrons. The minimum atomic E-state index is 0.385. The highest BCUT2D eigenvalue weighted by Crippen LogP contribution is 2.22. The monoisotopic (exact) mass is 263 g/mol. The van der Waals surface area contributed by atoms with Crippen molar-refractivity contribution < 1.29 is 0 Å². The van der Waals surface area contributed by atoms with Crippen LogP contribution in [0.1, 0.15) is 41.9 Å². The van der Waals surface area contributed by atoms with Gasteiger partial charge in [-0.1, -0.05) is 6.92 Å². The third kappa shape index (κ3) is 3.21. The van der Waals surface area contributed by atoms with Gasteiger partial charge in [-0.15, -0.1) is 11.3 Å². The highest BCUT2D eigenvalue weighted by atomic mass is 32.1. The Labute approximate surface area is 113 Å². The Kier molecular flexibility index (Phi) is 4.55. The Morgan fingerprint density at radius 3 is 2.94 bits per heavy atom. The van der Waals surface area contributed by atoms with Crippen molar-refractivity contribution in [3.05, 3.63) is 40.1 Å². The number of aryl methyl sites for hydroxylation is 2. The third-order valence-electron chi connectivity index (χ3n) is 3.02. The molecule has 1 atom stereocenters. The minimum Gasteiger partial charge on any atom is -0.334 e. The Bertz CT molecular complexity index is 487. The maximum atomic E-state index is 4.41. The molecule has 18 heavy (non-hydrogen) atoms. The summed E-state index contributed by atoms with van der Waals surface area (Å²) in [6.07, 6.45) is 5.08. The molecule has 0 saturated carbocycles. The predicted octanol–water partition coefficient (Wildman–Crippen LogP) is 3.51. The highest BCUT2D eigenvalue weighted by Gasteiger charge is 2.09. The van der Waals surface area contributed by atoms with E-state index < -0.39 is 0 Å². The first-order valence-electron chi connectivity index (χ1n) is 6.50. The van der Waals surface area contributed by atoms with Gasteiger partial charge in [0.1, 0.15) is 5.82 Å². The van der Waals surface area contributed by atoms with Gasteiger partial charge in [0.25, 0.3) is 0 Å². The van der Waals surface area contributed by atoms with Crippen molar-refractivity contribution in [2.45, 2.75) is 46.3 Å². The van der Waals surface area contributed by atoms with Gasteiger partial charge in [0.2, 0.25) is 0 Å². The van der Waals surface area contributed by atoms with Crippen molar-refractivity contribution >= 4 is 11.3 Å². The fourth-order valence-electron chi connectivity index (χ4n) is 1.98. The topological polar surface area (TPSA) is 29.9 Å². The van der Waals surface area contributed by atoms with Crippen LogP contribution in [0.5, 0.6) is 0 Å². The van der Waals surface area contributed by atoms with Gasteiger partial charge in [-0.25, -0.2) is 4.98 Å². The van der Waals surface area contributed by atoms with E-state index in [4.69, 9.17) is 0 Å². The lowest BCUT2D eigenvalue weighted by Crippen LogP contribution is -2.20. The summed E-state index contributed by atoms with van der Waals surface area (Å²) in [6.45, 7) is 8.41. The second kappa shape index (κ2) is 6.16. The molecule has 3 nitrogen and oxygen atoms in total. The molecule has 1 unspecified atom stereocenters. The molecule has 0 fully saturated rings. The predicted molar refractivity (Wildman–Crippen MR) is 76.8 cm³/mol. The van der Waals surface area contributed by atoms with Crippen molar-refractivity contribution in [3.63, 3.8) is 0 Å². The zero-order valence-corrected chi connectivity index (χ0v) is 12.1. The van der Waals surface area contributed by atoms with Gasteiger partial charge in [0.05, 0.1) is 6.54 Å². The molecule has 0 aliphatic rings. The summed E-state index contributed by atoms with van der Waals surface area (Å²) in [7, 11) is 0. The summed E-state index contributed by atoms with van der Waals surface area (Å²) in [5, 5.41) is 3.54. The van der Waals surface area contributed by atoms with Crippen LogP contribution in [0.15, 0.2) is 24.5 Å². The summed E-state index contributed by atoms with van der Waals surface area (Å²) in [5.74, 6) is 1.12. The van der Waals surface area contributed by atoms with Crippen LogP contribution in [-0.4, -0.2) is 9.55 Å².